The first-order valence-electron chi connectivity index (χ1n) is 4.22. The van der Waals surface area contributed by atoms with Crippen molar-refractivity contribution in [1.29, 1.82) is 0 Å². The van der Waals surface area contributed by atoms with Gasteiger partial charge in [0.2, 0.25) is 0 Å². The third-order valence-corrected chi connectivity index (χ3v) is 1.61. The van der Waals surface area contributed by atoms with Crippen molar-refractivity contribution in [2.45, 2.75) is 6.92 Å². The van der Waals surface area contributed by atoms with E-state index in [9.17, 15) is 4.79 Å². The normalized spacial score (nSPS) is 9.50. The minimum atomic E-state index is -0.503. The summed E-state index contributed by atoms with van der Waals surface area (Å²) in [5.74, 6) is 0. The van der Waals surface area contributed by atoms with Gasteiger partial charge in [0.25, 0.3) is 0 Å². The number of ether oxygens (including phenoxy) is 1. The topological polar surface area (TPSA) is 90.4 Å². The number of rotatable bonds is 2. The Bertz CT molecular complexity index is 339. The molecule has 0 aliphatic heterocycles. The number of amides is 1. The Morgan fingerprint density at radius 3 is 2.71 bits per heavy atom. The average Bonchev–Trinajstić information content (AvgIpc) is 2.12. The van der Waals surface area contributed by atoms with E-state index < -0.39 is 6.09 Å². The van der Waals surface area contributed by atoms with E-state index in [-0.39, 0.29) is 0 Å². The van der Waals surface area contributed by atoms with Crippen LogP contribution in [0.2, 0.25) is 0 Å². The second-order valence-corrected chi connectivity index (χ2v) is 2.69. The van der Waals surface area contributed by atoms with Crippen LogP contribution in [0.3, 0.4) is 0 Å². The quantitative estimate of drug-likeness (QED) is 0.622. The molecular formula is C9H13N3O2. The molecule has 0 aliphatic rings. The Hall–Kier alpha value is -1.91. The van der Waals surface area contributed by atoms with Crippen molar-refractivity contribution >= 4 is 23.2 Å². The molecular weight excluding hydrogens is 182 g/mol. The van der Waals surface area contributed by atoms with Gasteiger partial charge >= 0.3 is 6.09 Å². The number of carbonyl (C=O) groups excluding carboxylic acids is 1. The molecule has 0 saturated carbocycles. The third-order valence-electron chi connectivity index (χ3n) is 1.61. The number of nitrogens with two attached hydrogens (primary N) is 2. The summed E-state index contributed by atoms with van der Waals surface area (Å²) in [5.41, 5.74) is 12.5. The molecule has 0 radical (unpaired) electrons. The van der Waals surface area contributed by atoms with Crippen LogP contribution in [0.25, 0.3) is 0 Å². The molecule has 0 aromatic heterocycles. The van der Waals surface area contributed by atoms with Gasteiger partial charge in [0.1, 0.15) is 0 Å². The number of nitrogens with one attached hydrogen (secondary N) is 1. The molecule has 5 nitrogen and oxygen atoms in total. The van der Waals surface area contributed by atoms with Gasteiger partial charge in [-0.25, -0.2) is 4.79 Å². The lowest BCUT2D eigenvalue weighted by Crippen LogP contribution is -2.13. The molecule has 0 bridgehead atoms. The summed E-state index contributed by atoms with van der Waals surface area (Å²) in [4.78, 5) is 11.0. The first-order chi connectivity index (χ1) is 6.63. The summed E-state index contributed by atoms with van der Waals surface area (Å²) in [6.07, 6.45) is -0.503. The summed E-state index contributed by atoms with van der Waals surface area (Å²) >= 11 is 0. The van der Waals surface area contributed by atoms with Crippen molar-refractivity contribution in [2.75, 3.05) is 23.4 Å². The van der Waals surface area contributed by atoms with Crippen LogP contribution in [0.1, 0.15) is 6.92 Å². The summed E-state index contributed by atoms with van der Waals surface area (Å²) in [7, 11) is 0. The maximum Gasteiger partial charge on any atom is 0.411 e. The minimum Gasteiger partial charge on any atom is -0.450 e. The van der Waals surface area contributed by atoms with Crippen LogP contribution >= 0.6 is 0 Å². The monoisotopic (exact) mass is 195 g/mol. The fourth-order valence-electron chi connectivity index (χ4n) is 0.938. The summed E-state index contributed by atoms with van der Waals surface area (Å²) in [6.45, 7) is 2.06. The molecule has 0 unspecified atom stereocenters. The Morgan fingerprint density at radius 1 is 1.43 bits per heavy atom. The van der Waals surface area contributed by atoms with Gasteiger partial charge in [0.05, 0.1) is 18.0 Å². The molecule has 1 rings (SSSR count). The summed E-state index contributed by atoms with van der Waals surface area (Å²) in [5, 5.41) is 2.51. The van der Waals surface area contributed by atoms with Gasteiger partial charge in [-0.3, -0.25) is 5.32 Å². The van der Waals surface area contributed by atoms with E-state index in [2.05, 4.69) is 5.32 Å². The van der Waals surface area contributed by atoms with Gasteiger partial charge in [0, 0.05) is 5.69 Å². The van der Waals surface area contributed by atoms with Gasteiger partial charge in [0.15, 0.2) is 0 Å². The largest absolute Gasteiger partial charge is 0.450 e. The zero-order valence-corrected chi connectivity index (χ0v) is 7.91. The van der Waals surface area contributed by atoms with E-state index in [0.717, 1.165) is 0 Å². The molecule has 0 heterocycles. The number of carbonyl (C=O) groups is 1. The SMILES string of the molecule is CCOC(=O)Nc1ccc(N)c(N)c1. The predicted molar refractivity (Wildman–Crippen MR) is 55.9 cm³/mol. The van der Waals surface area contributed by atoms with Crippen LogP contribution in [-0.2, 0) is 4.74 Å². The van der Waals surface area contributed by atoms with Gasteiger partial charge in [-0.05, 0) is 25.1 Å². The smallest absolute Gasteiger partial charge is 0.411 e. The average molecular weight is 195 g/mol. The Labute approximate surface area is 82.0 Å². The lowest BCUT2D eigenvalue weighted by molar-refractivity contribution is 0.168. The fourth-order valence-corrected chi connectivity index (χ4v) is 0.938. The predicted octanol–water partition coefficient (Wildman–Crippen LogP) is 1.42. The number of benzene rings is 1. The van der Waals surface area contributed by atoms with Crippen LogP contribution in [0.15, 0.2) is 18.2 Å². The van der Waals surface area contributed by atoms with Gasteiger partial charge < -0.3 is 16.2 Å². The fraction of sp³-hybridized carbons (Fsp3) is 0.222. The van der Waals surface area contributed by atoms with E-state index in [1.807, 2.05) is 0 Å². The zero-order chi connectivity index (χ0) is 10.6. The zero-order valence-electron chi connectivity index (χ0n) is 7.91. The van der Waals surface area contributed by atoms with E-state index in [1.165, 1.54) is 0 Å². The second-order valence-electron chi connectivity index (χ2n) is 2.69. The third kappa shape index (κ3) is 2.55. The minimum absolute atomic E-state index is 0.330. The van der Waals surface area contributed by atoms with Crippen LogP contribution in [0, 0.1) is 0 Å². The second kappa shape index (κ2) is 4.36. The molecule has 76 valence electrons. The van der Waals surface area contributed by atoms with Crippen molar-refractivity contribution in [3.63, 3.8) is 0 Å². The van der Waals surface area contributed by atoms with Crippen molar-refractivity contribution in [3.8, 4) is 0 Å². The van der Waals surface area contributed by atoms with Gasteiger partial charge in [-0.15, -0.1) is 0 Å². The maximum absolute atomic E-state index is 11.0. The van der Waals surface area contributed by atoms with Gasteiger partial charge in [-0.2, -0.15) is 0 Å². The molecule has 1 amide bonds. The number of anilines is 3. The standard InChI is InChI=1S/C9H13N3O2/c1-2-14-9(13)12-6-3-4-7(10)8(11)5-6/h3-5H,2,10-11H2,1H3,(H,12,13). The van der Waals surface area contributed by atoms with Crippen LogP contribution < -0.4 is 16.8 Å². The molecule has 0 aliphatic carbocycles. The van der Waals surface area contributed by atoms with Crippen LogP contribution in [0.4, 0.5) is 21.9 Å². The Kier molecular flexibility index (Phi) is 3.17. The number of hydrogen-bond acceptors (Lipinski definition) is 4. The number of hydrogen-bond donors (Lipinski definition) is 3. The molecule has 5 N–H and O–H groups in total. The molecule has 5 heteroatoms. The highest BCUT2D eigenvalue weighted by atomic mass is 16.5. The van der Waals surface area contributed by atoms with Crippen molar-refractivity contribution in [3.05, 3.63) is 18.2 Å². The van der Waals surface area contributed by atoms with Gasteiger partial charge in [-0.1, -0.05) is 0 Å². The molecule has 14 heavy (non-hydrogen) atoms. The highest BCUT2D eigenvalue weighted by molar-refractivity contribution is 5.86. The molecule has 0 saturated heterocycles. The van der Waals surface area contributed by atoms with E-state index in [1.54, 1.807) is 25.1 Å². The van der Waals surface area contributed by atoms with E-state index >= 15 is 0 Å². The highest BCUT2D eigenvalue weighted by Crippen LogP contribution is 2.19. The van der Waals surface area contributed by atoms with Crippen LogP contribution in [-0.4, -0.2) is 12.7 Å². The van der Waals surface area contributed by atoms with Crippen molar-refractivity contribution in [2.24, 2.45) is 0 Å². The van der Waals surface area contributed by atoms with Crippen molar-refractivity contribution in [1.82, 2.24) is 0 Å². The Morgan fingerprint density at radius 2 is 2.14 bits per heavy atom. The molecule has 1 aromatic rings. The van der Waals surface area contributed by atoms with Crippen LogP contribution in [0.5, 0.6) is 0 Å². The number of nitrogen functional groups attached to an aromatic ring is 2. The highest BCUT2D eigenvalue weighted by Gasteiger charge is 2.02. The molecule has 1 aromatic carbocycles. The maximum atomic E-state index is 11.0. The lowest BCUT2D eigenvalue weighted by Gasteiger charge is -2.06. The summed E-state index contributed by atoms with van der Waals surface area (Å²) < 4.78 is 4.69. The van der Waals surface area contributed by atoms with E-state index in [4.69, 9.17) is 16.2 Å². The first kappa shape index (κ1) is 10.2. The van der Waals surface area contributed by atoms with Crippen molar-refractivity contribution < 1.29 is 9.53 Å². The Balaban J connectivity index is 2.68. The molecule has 0 spiro atoms. The van der Waals surface area contributed by atoms with E-state index in [0.29, 0.717) is 23.7 Å². The summed E-state index contributed by atoms with van der Waals surface area (Å²) in [6, 6.07) is 4.85. The molecule has 0 atom stereocenters. The lowest BCUT2D eigenvalue weighted by atomic mass is 10.2. The molecule has 0 fully saturated rings. The first-order valence-corrected chi connectivity index (χ1v) is 4.22.